The minimum Gasteiger partial charge on any atom is -0.375 e. The summed E-state index contributed by atoms with van der Waals surface area (Å²) in [7, 11) is 0. The topological polar surface area (TPSA) is 87.7 Å². The smallest absolute Gasteiger partial charge is 0.324 e. The second-order valence-corrected chi connectivity index (χ2v) is 8.13. The van der Waals surface area contributed by atoms with E-state index < -0.39 is 6.04 Å². The van der Waals surface area contributed by atoms with Gasteiger partial charge in [0.25, 0.3) is 5.91 Å². The van der Waals surface area contributed by atoms with Crippen LogP contribution in [0.15, 0.2) is 30.3 Å². The van der Waals surface area contributed by atoms with Crippen molar-refractivity contribution >= 4 is 17.8 Å². The third-order valence-electron chi connectivity index (χ3n) is 5.30. The van der Waals surface area contributed by atoms with E-state index in [-0.39, 0.29) is 35.9 Å². The molecule has 3 rings (SSSR count). The molecule has 1 aromatic rings. The van der Waals surface area contributed by atoms with Crippen molar-refractivity contribution in [3.05, 3.63) is 35.9 Å². The first-order chi connectivity index (χ1) is 13.3. The van der Waals surface area contributed by atoms with E-state index in [0.717, 1.165) is 18.4 Å². The number of nitrogens with one attached hydrogen (secondary N) is 2. The molecule has 0 spiro atoms. The molecule has 2 atom stereocenters. The number of ether oxygens (including phenoxy) is 1. The molecule has 0 bridgehead atoms. The zero-order valence-electron chi connectivity index (χ0n) is 16.6. The Balaban J connectivity index is 1.44. The zero-order valence-corrected chi connectivity index (χ0v) is 16.6. The molecule has 0 unspecified atom stereocenters. The molecule has 0 aromatic heterocycles. The lowest BCUT2D eigenvalue weighted by Gasteiger charge is -2.35. The number of benzene rings is 1. The van der Waals surface area contributed by atoms with Crippen molar-refractivity contribution < 1.29 is 19.1 Å². The standard InChI is InChI=1S/C21H29N3O4/c1-21(2)14-16(11-13-28-21)22-18(25)9-8-17-19(26)24(20(27)23-17)12-10-15-6-4-3-5-7-15/h3-7,16-17H,8-14H2,1-2H3,(H,22,25)(H,23,27)/t16-,17+/m1/s1. The Morgan fingerprint density at radius 2 is 2.04 bits per heavy atom. The first-order valence-corrected chi connectivity index (χ1v) is 9.93. The number of nitrogens with zero attached hydrogens (tertiary/aromatic N) is 1. The van der Waals surface area contributed by atoms with Gasteiger partial charge in [-0.05, 0) is 45.1 Å². The van der Waals surface area contributed by atoms with Gasteiger partial charge in [-0.2, -0.15) is 0 Å². The van der Waals surface area contributed by atoms with Crippen LogP contribution >= 0.6 is 0 Å². The molecular weight excluding hydrogens is 358 g/mol. The highest BCUT2D eigenvalue weighted by molar-refractivity contribution is 6.04. The lowest BCUT2D eigenvalue weighted by atomic mass is 9.94. The van der Waals surface area contributed by atoms with Gasteiger partial charge in [-0.1, -0.05) is 30.3 Å². The van der Waals surface area contributed by atoms with Gasteiger partial charge in [0, 0.05) is 25.6 Å². The number of urea groups is 1. The SMILES string of the molecule is CC1(C)C[C@H](NC(=O)CC[C@@H]2NC(=O)N(CCc3ccccc3)C2=O)CCO1. The Bertz CT molecular complexity index is 720. The van der Waals surface area contributed by atoms with Gasteiger partial charge in [-0.3, -0.25) is 14.5 Å². The Morgan fingerprint density at radius 3 is 2.75 bits per heavy atom. The molecule has 2 fully saturated rings. The molecule has 4 amide bonds. The number of hydrogen-bond donors (Lipinski definition) is 2. The summed E-state index contributed by atoms with van der Waals surface area (Å²) >= 11 is 0. The fourth-order valence-electron chi connectivity index (χ4n) is 3.80. The molecule has 152 valence electrons. The van der Waals surface area contributed by atoms with Gasteiger partial charge < -0.3 is 15.4 Å². The van der Waals surface area contributed by atoms with Crippen LogP contribution in [0.2, 0.25) is 0 Å². The maximum Gasteiger partial charge on any atom is 0.324 e. The largest absolute Gasteiger partial charge is 0.375 e. The fourth-order valence-corrected chi connectivity index (χ4v) is 3.80. The molecule has 2 N–H and O–H groups in total. The van der Waals surface area contributed by atoms with Crippen LogP contribution in [0.1, 0.15) is 45.1 Å². The summed E-state index contributed by atoms with van der Waals surface area (Å²) in [6, 6.07) is 8.82. The van der Waals surface area contributed by atoms with Crippen molar-refractivity contribution in [3.63, 3.8) is 0 Å². The summed E-state index contributed by atoms with van der Waals surface area (Å²) in [5.41, 5.74) is 0.843. The molecule has 0 radical (unpaired) electrons. The third-order valence-corrected chi connectivity index (χ3v) is 5.30. The van der Waals surface area contributed by atoms with Crippen molar-refractivity contribution in [2.24, 2.45) is 0 Å². The van der Waals surface area contributed by atoms with E-state index in [1.165, 1.54) is 4.90 Å². The zero-order chi connectivity index (χ0) is 20.1. The average molecular weight is 387 g/mol. The first kappa shape index (κ1) is 20.3. The van der Waals surface area contributed by atoms with Crippen molar-refractivity contribution in [1.82, 2.24) is 15.5 Å². The Morgan fingerprint density at radius 1 is 1.29 bits per heavy atom. The lowest BCUT2D eigenvalue weighted by Crippen LogP contribution is -2.46. The minimum absolute atomic E-state index is 0.0903. The number of rotatable bonds is 7. The average Bonchev–Trinajstić information content (AvgIpc) is 2.91. The maximum absolute atomic E-state index is 12.5. The number of hydrogen-bond acceptors (Lipinski definition) is 4. The van der Waals surface area contributed by atoms with E-state index in [1.807, 2.05) is 44.2 Å². The first-order valence-electron chi connectivity index (χ1n) is 9.93. The van der Waals surface area contributed by atoms with Crippen LogP contribution < -0.4 is 10.6 Å². The maximum atomic E-state index is 12.5. The second kappa shape index (κ2) is 8.73. The molecule has 1 aromatic carbocycles. The van der Waals surface area contributed by atoms with Gasteiger partial charge in [0.1, 0.15) is 6.04 Å². The normalized spacial score (nSPS) is 24.1. The van der Waals surface area contributed by atoms with Crippen molar-refractivity contribution in [1.29, 1.82) is 0 Å². The molecule has 2 aliphatic heterocycles. The van der Waals surface area contributed by atoms with E-state index in [9.17, 15) is 14.4 Å². The molecule has 7 nitrogen and oxygen atoms in total. The quantitative estimate of drug-likeness (QED) is 0.701. The van der Waals surface area contributed by atoms with Gasteiger partial charge in [0.2, 0.25) is 5.91 Å². The third kappa shape index (κ3) is 5.32. The molecule has 2 heterocycles. The van der Waals surface area contributed by atoms with Crippen LogP contribution in [-0.4, -0.2) is 53.6 Å². The highest BCUT2D eigenvalue weighted by Crippen LogP contribution is 2.24. The molecule has 28 heavy (non-hydrogen) atoms. The summed E-state index contributed by atoms with van der Waals surface area (Å²) in [5.74, 6) is -0.339. The summed E-state index contributed by atoms with van der Waals surface area (Å²) in [5, 5.41) is 5.73. The highest BCUT2D eigenvalue weighted by Gasteiger charge is 2.37. The predicted molar refractivity (Wildman–Crippen MR) is 105 cm³/mol. The minimum atomic E-state index is -0.625. The second-order valence-electron chi connectivity index (χ2n) is 8.13. The Labute approximate surface area is 165 Å². The fraction of sp³-hybridized carbons (Fsp3) is 0.571. The van der Waals surface area contributed by atoms with Crippen LogP contribution in [0.4, 0.5) is 4.79 Å². The van der Waals surface area contributed by atoms with Gasteiger partial charge in [-0.25, -0.2) is 4.79 Å². The van der Waals surface area contributed by atoms with Crippen molar-refractivity contribution in [3.8, 4) is 0 Å². The number of imide groups is 1. The summed E-state index contributed by atoms with van der Waals surface area (Å²) in [6.07, 6.45) is 2.70. The van der Waals surface area contributed by atoms with E-state index in [2.05, 4.69) is 10.6 Å². The highest BCUT2D eigenvalue weighted by atomic mass is 16.5. The van der Waals surface area contributed by atoms with Gasteiger partial charge in [0.15, 0.2) is 0 Å². The summed E-state index contributed by atoms with van der Waals surface area (Å²) in [4.78, 5) is 38.2. The van der Waals surface area contributed by atoms with E-state index in [0.29, 0.717) is 26.0 Å². The molecule has 7 heteroatoms. The molecule has 0 saturated carbocycles. The molecular formula is C21H29N3O4. The van der Waals surface area contributed by atoms with E-state index >= 15 is 0 Å². The predicted octanol–water partition coefficient (Wildman–Crippen LogP) is 2.00. The number of carbonyl (C=O) groups excluding carboxylic acids is 3. The van der Waals surface area contributed by atoms with E-state index in [1.54, 1.807) is 0 Å². The van der Waals surface area contributed by atoms with Crippen LogP contribution in [0.3, 0.4) is 0 Å². The summed E-state index contributed by atoms with van der Waals surface area (Å²) < 4.78 is 5.66. The van der Waals surface area contributed by atoms with Crippen molar-refractivity contribution in [2.75, 3.05) is 13.2 Å². The van der Waals surface area contributed by atoms with Gasteiger partial charge in [-0.15, -0.1) is 0 Å². The van der Waals surface area contributed by atoms with Gasteiger partial charge in [0.05, 0.1) is 5.60 Å². The van der Waals surface area contributed by atoms with Crippen LogP contribution in [0, 0.1) is 0 Å². The lowest BCUT2D eigenvalue weighted by molar-refractivity contribution is -0.128. The molecule has 2 saturated heterocycles. The van der Waals surface area contributed by atoms with Crippen LogP contribution in [0.5, 0.6) is 0 Å². The monoisotopic (exact) mass is 387 g/mol. The number of amides is 4. The molecule has 0 aliphatic carbocycles. The van der Waals surface area contributed by atoms with Crippen LogP contribution in [-0.2, 0) is 20.7 Å². The molecule has 2 aliphatic rings. The van der Waals surface area contributed by atoms with Crippen LogP contribution in [0.25, 0.3) is 0 Å². The van der Waals surface area contributed by atoms with Crippen molar-refractivity contribution in [2.45, 2.75) is 63.6 Å². The Kier molecular flexibility index (Phi) is 6.34. The Hall–Kier alpha value is -2.41. The van der Waals surface area contributed by atoms with E-state index in [4.69, 9.17) is 4.74 Å². The summed E-state index contributed by atoms with van der Waals surface area (Å²) in [6.45, 7) is 5.00. The van der Waals surface area contributed by atoms with Gasteiger partial charge >= 0.3 is 6.03 Å². The number of carbonyl (C=O) groups is 3.